The maximum Gasteiger partial charge on any atom is 0.396 e. The Hall–Kier alpha value is -0.290. The van der Waals surface area contributed by atoms with Crippen molar-refractivity contribution in [2.75, 3.05) is 6.61 Å². The number of hydrogen-bond acceptors (Lipinski definition) is 2. The topological polar surface area (TPSA) is 40.5 Å². The highest BCUT2D eigenvalue weighted by atomic mass is 19.4. The van der Waals surface area contributed by atoms with Gasteiger partial charge in [-0.15, -0.1) is 0 Å². The molecule has 0 amide bonds. The van der Waals surface area contributed by atoms with Gasteiger partial charge in [0.25, 0.3) is 0 Å². The van der Waals surface area contributed by atoms with E-state index in [9.17, 15) is 13.2 Å². The summed E-state index contributed by atoms with van der Waals surface area (Å²) in [6.07, 6.45) is -6.06. The minimum Gasteiger partial charge on any atom is -0.396 e. The van der Waals surface area contributed by atoms with Crippen molar-refractivity contribution < 1.29 is 23.4 Å². The summed E-state index contributed by atoms with van der Waals surface area (Å²) in [5.41, 5.74) is 0. The van der Waals surface area contributed by atoms with Crippen molar-refractivity contribution >= 4 is 0 Å². The Balaban J connectivity index is 4.07. The lowest BCUT2D eigenvalue weighted by Gasteiger charge is -2.19. The van der Waals surface area contributed by atoms with Gasteiger partial charge in [0.15, 0.2) is 0 Å². The highest BCUT2D eigenvalue weighted by molar-refractivity contribution is 4.70. The second kappa shape index (κ2) is 3.21. The van der Waals surface area contributed by atoms with Gasteiger partial charge in [-0.2, -0.15) is 13.2 Å². The molecule has 0 radical (unpaired) electrons. The number of aliphatic hydroxyl groups excluding tert-OH is 2. The Kier molecular flexibility index (Phi) is 3.11. The molecule has 2 atom stereocenters. The third kappa shape index (κ3) is 2.53. The molecule has 10 heavy (non-hydrogen) atoms. The van der Waals surface area contributed by atoms with Crippen LogP contribution in [0.15, 0.2) is 0 Å². The van der Waals surface area contributed by atoms with Gasteiger partial charge in [-0.3, -0.25) is 0 Å². The fourth-order valence-corrected chi connectivity index (χ4v) is 0.530. The SMILES string of the molecule is CC(O)C(CO)C(F)(F)F. The van der Waals surface area contributed by atoms with E-state index in [1.807, 2.05) is 0 Å². The molecule has 0 bridgehead atoms. The van der Waals surface area contributed by atoms with Crippen molar-refractivity contribution in [2.24, 2.45) is 5.92 Å². The number of aliphatic hydroxyl groups is 2. The van der Waals surface area contributed by atoms with E-state index in [0.29, 0.717) is 0 Å². The molecular formula is C5H9F3O2. The summed E-state index contributed by atoms with van der Waals surface area (Å²) in [7, 11) is 0. The Morgan fingerprint density at radius 2 is 1.80 bits per heavy atom. The average molecular weight is 158 g/mol. The Morgan fingerprint density at radius 3 is 1.80 bits per heavy atom. The van der Waals surface area contributed by atoms with Crippen LogP contribution in [0.5, 0.6) is 0 Å². The van der Waals surface area contributed by atoms with Crippen molar-refractivity contribution in [3.63, 3.8) is 0 Å². The number of halogens is 3. The van der Waals surface area contributed by atoms with E-state index < -0.39 is 24.8 Å². The van der Waals surface area contributed by atoms with Crippen molar-refractivity contribution in [1.82, 2.24) is 0 Å². The summed E-state index contributed by atoms with van der Waals surface area (Å²) in [5, 5.41) is 16.6. The van der Waals surface area contributed by atoms with E-state index >= 15 is 0 Å². The van der Waals surface area contributed by atoms with Crippen molar-refractivity contribution in [3.05, 3.63) is 0 Å². The maximum absolute atomic E-state index is 11.7. The zero-order valence-electron chi connectivity index (χ0n) is 5.39. The summed E-state index contributed by atoms with van der Waals surface area (Å²) in [6, 6.07) is 0. The number of alkyl halides is 3. The van der Waals surface area contributed by atoms with Crippen molar-refractivity contribution in [1.29, 1.82) is 0 Å². The summed E-state index contributed by atoms with van der Waals surface area (Å²) < 4.78 is 35.0. The molecule has 0 aromatic carbocycles. The van der Waals surface area contributed by atoms with E-state index in [2.05, 4.69) is 0 Å². The molecular weight excluding hydrogens is 149 g/mol. The standard InChI is InChI=1S/C5H9F3O2/c1-3(10)4(2-9)5(6,7)8/h3-4,9-10H,2H2,1H3. The predicted octanol–water partition coefficient (Wildman–Crippen LogP) is 0.538. The zero-order chi connectivity index (χ0) is 8.36. The highest BCUT2D eigenvalue weighted by Crippen LogP contribution is 2.28. The quantitative estimate of drug-likeness (QED) is 0.615. The fraction of sp³-hybridized carbons (Fsp3) is 1.00. The van der Waals surface area contributed by atoms with Gasteiger partial charge in [0.1, 0.15) is 5.92 Å². The second-order valence-electron chi connectivity index (χ2n) is 2.07. The lowest BCUT2D eigenvalue weighted by atomic mass is 10.1. The minimum atomic E-state index is -4.51. The molecule has 0 saturated carbocycles. The van der Waals surface area contributed by atoms with E-state index in [-0.39, 0.29) is 0 Å². The van der Waals surface area contributed by atoms with E-state index in [1.165, 1.54) is 0 Å². The lowest BCUT2D eigenvalue weighted by Crippen LogP contribution is -2.35. The van der Waals surface area contributed by atoms with Crippen LogP contribution < -0.4 is 0 Å². The fourth-order valence-electron chi connectivity index (χ4n) is 0.530. The largest absolute Gasteiger partial charge is 0.396 e. The van der Waals surface area contributed by atoms with Crippen LogP contribution in [0.25, 0.3) is 0 Å². The van der Waals surface area contributed by atoms with Gasteiger partial charge in [0.2, 0.25) is 0 Å². The average Bonchev–Trinajstić information content (AvgIpc) is 1.60. The Labute approximate surface area is 56.3 Å². The first-order chi connectivity index (χ1) is 4.39. The van der Waals surface area contributed by atoms with E-state index in [0.717, 1.165) is 6.92 Å². The summed E-state index contributed by atoms with van der Waals surface area (Å²) in [5.74, 6) is -2.02. The molecule has 2 N–H and O–H groups in total. The molecule has 62 valence electrons. The Bertz CT molecular complexity index is 99.6. The molecule has 0 rings (SSSR count). The predicted molar refractivity (Wildman–Crippen MR) is 28.3 cm³/mol. The molecule has 0 aromatic heterocycles. The van der Waals surface area contributed by atoms with E-state index in [1.54, 1.807) is 0 Å². The van der Waals surface area contributed by atoms with Crippen molar-refractivity contribution in [2.45, 2.75) is 19.2 Å². The van der Waals surface area contributed by atoms with Crippen LogP contribution in [-0.2, 0) is 0 Å². The molecule has 0 fully saturated rings. The first-order valence-electron chi connectivity index (χ1n) is 2.75. The van der Waals surface area contributed by atoms with Crippen LogP contribution in [-0.4, -0.2) is 29.1 Å². The second-order valence-corrected chi connectivity index (χ2v) is 2.07. The van der Waals surface area contributed by atoms with Gasteiger partial charge in [0, 0.05) is 0 Å². The van der Waals surface area contributed by atoms with Crippen LogP contribution in [0, 0.1) is 5.92 Å². The molecule has 0 aliphatic heterocycles. The first-order valence-corrected chi connectivity index (χ1v) is 2.75. The third-order valence-electron chi connectivity index (χ3n) is 1.20. The molecule has 0 aromatic rings. The van der Waals surface area contributed by atoms with Crippen LogP contribution in [0.1, 0.15) is 6.92 Å². The third-order valence-corrected chi connectivity index (χ3v) is 1.20. The smallest absolute Gasteiger partial charge is 0.396 e. The number of hydrogen-bond donors (Lipinski definition) is 2. The van der Waals surface area contributed by atoms with Gasteiger partial charge in [-0.1, -0.05) is 0 Å². The molecule has 0 aliphatic rings. The normalized spacial score (nSPS) is 18.6. The van der Waals surface area contributed by atoms with Crippen LogP contribution >= 0.6 is 0 Å². The van der Waals surface area contributed by atoms with Gasteiger partial charge < -0.3 is 10.2 Å². The number of rotatable bonds is 2. The van der Waals surface area contributed by atoms with Gasteiger partial charge in [-0.05, 0) is 6.92 Å². The molecule has 5 heteroatoms. The lowest BCUT2D eigenvalue weighted by molar-refractivity contribution is -0.206. The summed E-state index contributed by atoms with van der Waals surface area (Å²) >= 11 is 0. The highest BCUT2D eigenvalue weighted by Gasteiger charge is 2.41. The minimum absolute atomic E-state index is 0.994. The van der Waals surface area contributed by atoms with Gasteiger partial charge >= 0.3 is 6.18 Å². The molecule has 0 heterocycles. The monoisotopic (exact) mass is 158 g/mol. The zero-order valence-corrected chi connectivity index (χ0v) is 5.39. The van der Waals surface area contributed by atoms with Crippen LogP contribution in [0.3, 0.4) is 0 Å². The molecule has 0 aliphatic carbocycles. The molecule has 0 saturated heterocycles. The van der Waals surface area contributed by atoms with Gasteiger partial charge in [0.05, 0.1) is 12.7 Å². The van der Waals surface area contributed by atoms with Crippen molar-refractivity contribution in [3.8, 4) is 0 Å². The molecule has 0 spiro atoms. The molecule has 2 nitrogen and oxygen atoms in total. The maximum atomic E-state index is 11.7. The van der Waals surface area contributed by atoms with Crippen LogP contribution in [0.2, 0.25) is 0 Å². The first kappa shape index (κ1) is 9.71. The van der Waals surface area contributed by atoms with Gasteiger partial charge in [-0.25, -0.2) is 0 Å². The summed E-state index contributed by atoms with van der Waals surface area (Å²) in [6.45, 7) is -0.0739. The Morgan fingerprint density at radius 1 is 1.40 bits per heavy atom. The summed E-state index contributed by atoms with van der Waals surface area (Å²) in [4.78, 5) is 0. The van der Waals surface area contributed by atoms with E-state index in [4.69, 9.17) is 10.2 Å². The molecule has 2 unspecified atom stereocenters. The van der Waals surface area contributed by atoms with Crippen LogP contribution in [0.4, 0.5) is 13.2 Å².